The molecule has 0 unspecified atom stereocenters. The summed E-state index contributed by atoms with van der Waals surface area (Å²) in [6.45, 7) is 5.23. The molecule has 0 saturated heterocycles. The number of hydrogen-bond acceptors (Lipinski definition) is 6. The van der Waals surface area contributed by atoms with E-state index >= 15 is 0 Å². The topological polar surface area (TPSA) is 113 Å². The highest BCUT2D eigenvalue weighted by Crippen LogP contribution is 2.32. The van der Waals surface area contributed by atoms with Crippen LogP contribution in [0.2, 0.25) is 0 Å². The smallest absolute Gasteiger partial charge is 0.252 e. The number of pyridine rings is 1. The first-order valence-electron chi connectivity index (χ1n) is 9.15. The highest BCUT2D eigenvalue weighted by Gasteiger charge is 2.16. The van der Waals surface area contributed by atoms with Crippen molar-refractivity contribution >= 4 is 5.91 Å². The quantitative estimate of drug-likeness (QED) is 0.599. The van der Waals surface area contributed by atoms with Gasteiger partial charge in [0.1, 0.15) is 0 Å². The zero-order valence-electron chi connectivity index (χ0n) is 16.2. The minimum atomic E-state index is -0.248. The number of amides is 1. The molecule has 0 saturated carbocycles. The van der Waals surface area contributed by atoms with Crippen molar-refractivity contribution in [2.45, 2.75) is 13.8 Å². The normalized spacial score (nSPS) is 10.5. The van der Waals surface area contributed by atoms with Gasteiger partial charge in [-0.05, 0) is 49.2 Å². The van der Waals surface area contributed by atoms with Gasteiger partial charge in [0.2, 0.25) is 5.88 Å². The summed E-state index contributed by atoms with van der Waals surface area (Å²) in [5.41, 5.74) is 3.12. The number of benzene rings is 1. The molecular formula is C21H21N5O3. The molecule has 2 aromatic heterocycles. The fraction of sp³-hybridized carbons (Fsp3) is 0.238. The molecule has 0 radical (unpaired) electrons. The number of hydrogen-bond donors (Lipinski definition) is 2. The van der Waals surface area contributed by atoms with Crippen LogP contribution >= 0.6 is 0 Å². The highest BCUT2D eigenvalue weighted by molar-refractivity contribution is 5.93. The number of rotatable bonds is 7. The average Bonchev–Trinajstić information content (AvgIpc) is 3.12. The minimum Gasteiger partial charge on any atom is -0.493 e. The molecule has 2 N–H and O–H groups in total. The highest BCUT2D eigenvalue weighted by atomic mass is 16.5. The fourth-order valence-corrected chi connectivity index (χ4v) is 2.86. The van der Waals surface area contributed by atoms with E-state index < -0.39 is 0 Å². The maximum Gasteiger partial charge on any atom is 0.252 e. The molecule has 8 nitrogen and oxygen atoms in total. The molecule has 0 spiro atoms. The Kier molecular flexibility index (Phi) is 6.22. The summed E-state index contributed by atoms with van der Waals surface area (Å²) < 4.78 is 6.48. The Morgan fingerprint density at radius 3 is 2.76 bits per heavy atom. The van der Waals surface area contributed by atoms with Crippen molar-refractivity contribution in [1.82, 2.24) is 20.1 Å². The molecule has 0 aliphatic rings. The van der Waals surface area contributed by atoms with Crippen LogP contribution in [0.5, 0.6) is 5.88 Å². The number of aryl methyl sites for hydroxylation is 1. The summed E-state index contributed by atoms with van der Waals surface area (Å²) in [5, 5.41) is 26.6. The largest absolute Gasteiger partial charge is 0.493 e. The number of aromatic nitrogens is 3. The first-order chi connectivity index (χ1) is 14.0. The molecule has 0 bridgehead atoms. The van der Waals surface area contributed by atoms with Crippen LogP contribution in [-0.4, -0.2) is 45.5 Å². The lowest BCUT2D eigenvalue weighted by Crippen LogP contribution is -2.27. The summed E-state index contributed by atoms with van der Waals surface area (Å²) in [7, 11) is 0. The summed E-state index contributed by atoms with van der Waals surface area (Å²) in [4.78, 5) is 16.3. The Morgan fingerprint density at radius 2 is 2.10 bits per heavy atom. The van der Waals surface area contributed by atoms with Gasteiger partial charge in [0.15, 0.2) is 5.82 Å². The monoisotopic (exact) mass is 391 g/mol. The van der Waals surface area contributed by atoms with Gasteiger partial charge in [-0.2, -0.15) is 15.0 Å². The minimum absolute atomic E-state index is 0.0702. The van der Waals surface area contributed by atoms with Gasteiger partial charge in [-0.1, -0.05) is 6.07 Å². The van der Waals surface area contributed by atoms with Gasteiger partial charge >= 0.3 is 0 Å². The number of aromatic hydroxyl groups is 1. The number of nitriles is 1. The SMILES string of the molecule is CCOCCNC(=O)c1ccc(-n2ncc(-c3ccc(C#N)cc3C)c2O)nc1. The molecule has 1 amide bonds. The van der Waals surface area contributed by atoms with Crippen molar-refractivity contribution in [3.63, 3.8) is 0 Å². The molecule has 2 heterocycles. The van der Waals surface area contributed by atoms with Crippen LogP contribution in [0.25, 0.3) is 16.9 Å². The van der Waals surface area contributed by atoms with Crippen molar-refractivity contribution < 1.29 is 14.6 Å². The van der Waals surface area contributed by atoms with E-state index in [9.17, 15) is 9.90 Å². The van der Waals surface area contributed by atoms with Crippen LogP contribution < -0.4 is 5.32 Å². The van der Waals surface area contributed by atoms with Crippen molar-refractivity contribution in [3.8, 4) is 28.9 Å². The number of nitrogens with one attached hydrogen (secondary N) is 1. The second-order valence-electron chi connectivity index (χ2n) is 6.29. The van der Waals surface area contributed by atoms with Gasteiger partial charge in [-0.25, -0.2) is 4.98 Å². The zero-order chi connectivity index (χ0) is 20.8. The average molecular weight is 391 g/mol. The summed E-state index contributed by atoms with van der Waals surface area (Å²) in [5.74, 6) is 0.0625. The van der Waals surface area contributed by atoms with Crippen LogP contribution in [0.15, 0.2) is 42.7 Å². The molecule has 29 heavy (non-hydrogen) atoms. The Labute approximate surface area is 168 Å². The van der Waals surface area contributed by atoms with Crippen LogP contribution in [0.4, 0.5) is 0 Å². The van der Waals surface area contributed by atoms with E-state index in [1.54, 1.807) is 36.5 Å². The van der Waals surface area contributed by atoms with Gasteiger partial charge in [0.25, 0.3) is 5.91 Å². The zero-order valence-corrected chi connectivity index (χ0v) is 16.2. The maximum atomic E-state index is 12.1. The molecule has 0 fully saturated rings. The summed E-state index contributed by atoms with van der Waals surface area (Å²) >= 11 is 0. The lowest BCUT2D eigenvalue weighted by Gasteiger charge is -2.07. The van der Waals surface area contributed by atoms with Crippen molar-refractivity contribution in [2.75, 3.05) is 19.8 Å². The summed E-state index contributed by atoms with van der Waals surface area (Å²) in [6, 6.07) is 10.5. The summed E-state index contributed by atoms with van der Waals surface area (Å²) in [6.07, 6.45) is 2.97. The first kappa shape index (κ1) is 20.0. The van der Waals surface area contributed by atoms with Crippen LogP contribution in [0, 0.1) is 18.3 Å². The Morgan fingerprint density at radius 1 is 1.28 bits per heavy atom. The molecule has 0 aliphatic carbocycles. The van der Waals surface area contributed by atoms with Crippen molar-refractivity contribution in [1.29, 1.82) is 5.26 Å². The molecule has 8 heteroatoms. The van der Waals surface area contributed by atoms with Crippen LogP contribution in [0.1, 0.15) is 28.4 Å². The number of nitrogens with zero attached hydrogens (tertiary/aromatic N) is 4. The third-order valence-corrected chi connectivity index (χ3v) is 4.35. The van der Waals surface area contributed by atoms with Crippen molar-refractivity contribution in [3.05, 3.63) is 59.4 Å². The first-order valence-corrected chi connectivity index (χ1v) is 9.15. The van der Waals surface area contributed by atoms with Crippen LogP contribution in [0.3, 0.4) is 0 Å². The number of ether oxygens (including phenoxy) is 1. The predicted octanol–water partition coefficient (Wildman–Crippen LogP) is 2.59. The second-order valence-corrected chi connectivity index (χ2v) is 6.29. The van der Waals surface area contributed by atoms with Gasteiger partial charge in [-0.3, -0.25) is 4.79 Å². The van der Waals surface area contributed by atoms with E-state index in [4.69, 9.17) is 10.00 Å². The second kappa shape index (κ2) is 8.99. The molecule has 0 aliphatic heterocycles. The maximum absolute atomic E-state index is 12.1. The van der Waals surface area contributed by atoms with E-state index in [0.29, 0.717) is 42.3 Å². The van der Waals surface area contributed by atoms with E-state index in [0.717, 1.165) is 11.1 Å². The lowest BCUT2D eigenvalue weighted by molar-refractivity contribution is 0.0922. The van der Waals surface area contributed by atoms with Crippen LogP contribution in [-0.2, 0) is 4.74 Å². The van der Waals surface area contributed by atoms with E-state index in [-0.39, 0.29) is 11.8 Å². The Balaban J connectivity index is 1.79. The standard InChI is InChI=1S/C21H21N5O3/c1-3-29-9-8-23-20(27)16-5-7-19(24-12-16)26-21(28)18(13-25-26)17-6-4-15(11-22)10-14(17)2/h4-7,10,12-13,28H,3,8-9H2,1-2H3,(H,23,27). The third-order valence-electron chi connectivity index (χ3n) is 4.35. The molecule has 3 rings (SSSR count). The predicted molar refractivity (Wildman–Crippen MR) is 107 cm³/mol. The fourth-order valence-electron chi connectivity index (χ4n) is 2.86. The van der Waals surface area contributed by atoms with E-state index in [1.807, 2.05) is 13.8 Å². The van der Waals surface area contributed by atoms with E-state index in [1.165, 1.54) is 10.9 Å². The van der Waals surface area contributed by atoms with Gasteiger partial charge in [0.05, 0.1) is 35.6 Å². The molecule has 3 aromatic rings. The molecule has 0 atom stereocenters. The Hall–Kier alpha value is -3.70. The molecular weight excluding hydrogens is 370 g/mol. The molecule has 1 aromatic carbocycles. The van der Waals surface area contributed by atoms with E-state index in [2.05, 4.69) is 21.5 Å². The number of carbonyl (C=O) groups excluding carboxylic acids is 1. The third kappa shape index (κ3) is 4.42. The lowest BCUT2D eigenvalue weighted by atomic mass is 10.0. The Bertz CT molecular complexity index is 1050. The van der Waals surface area contributed by atoms with Gasteiger partial charge in [0, 0.05) is 19.3 Å². The van der Waals surface area contributed by atoms with Gasteiger partial charge < -0.3 is 15.2 Å². The molecule has 148 valence electrons. The number of carbonyl (C=O) groups is 1. The van der Waals surface area contributed by atoms with Crippen molar-refractivity contribution in [2.24, 2.45) is 0 Å². The van der Waals surface area contributed by atoms with Gasteiger partial charge in [-0.15, -0.1) is 0 Å².